The van der Waals surface area contributed by atoms with Crippen molar-refractivity contribution in [2.24, 2.45) is 5.16 Å². The van der Waals surface area contributed by atoms with Crippen LogP contribution in [0.3, 0.4) is 0 Å². The van der Waals surface area contributed by atoms with Gasteiger partial charge in [0.2, 0.25) is 0 Å². The smallest absolute Gasteiger partial charge is 0.416 e. The number of benzene rings is 2. The maximum atomic E-state index is 12.8. The van der Waals surface area contributed by atoms with E-state index in [1.807, 2.05) is 12.1 Å². The standard InChI is InChI=1S/C20H21F3N2O3/c1-26-18-7-6-14(9-19(18)27-2)17-10-16(28-25-17)12-24-11-13-4-3-5-15(8-13)20(21,22)23/h3-9,16,24H,10-12H2,1-2H3. The molecule has 0 aromatic heterocycles. The molecule has 28 heavy (non-hydrogen) atoms. The van der Waals surface area contributed by atoms with E-state index in [2.05, 4.69) is 10.5 Å². The first-order chi connectivity index (χ1) is 13.4. The van der Waals surface area contributed by atoms with Gasteiger partial charge in [0.25, 0.3) is 0 Å². The number of methoxy groups -OCH3 is 2. The second-order valence-corrected chi connectivity index (χ2v) is 6.37. The fourth-order valence-corrected chi connectivity index (χ4v) is 2.96. The molecule has 0 spiro atoms. The van der Waals surface area contributed by atoms with Gasteiger partial charge in [-0.25, -0.2) is 0 Å². The number of nitrogens with one attached hydrogen (secondary N) is 1. The van der Waals surface area contributed by atoms with Crippen LogP contribution in [-0.4, -0.2) is 32.6 Å². The summed E-state index contributed by atoms with van der Waals surface area (Å²) in [6.07, 6.45) is -3.94. The summed E-state index contributed by atoms with van der Waals surface area (Å²) in [5.41, 5.74) is 1.57. The van der Waals surface area contributed by atoms with Crippen LogP contribution in [0.1, 0.15) is 23.1 Å². The van der Waals surface area contributed by atoms with E-state index in [1.165, 1.54) is 6.07 Å². The minimum atomic E-state index is -4.34. The first-order valence-corrected chi connectivity index (χ1v) is 8.72. The molecule has 1 unspecified atom stereocenters. The predicted octanol–water partition coefficient (Wildman–Crippen LogP) is 4.01. The molecule has 0 aliphatic carbocycles. The average Bonchev–Trinajstić information content (AvgIpc) is 3.16. The zero-order valence-electron chi connectivity index (χ0n) is 15.5. The van der Waals surface area contributed by atoms with Crippen LogP contribution in [0, 0.1) is 0 Å². The zero-order valence-corrected chi connectivity index (χ0v) is 15.5. The molecular formula is C20H21F3N2O3. The van der Waals surface area contributed by atoms with E-state index in [0.29, 0.717) is 36.6 Å². The van der Waals surface area contributed by atoms with Crippen LogP contribution < -0.4 is 14.8 Å². The number of alkyl halides is 3. The van der Waals surface area contributed by atoms with Gasteiger partial charge >= 0.3 is 6.18 Å². The van der Waals surface area contributed by atoms with Gasteiger partial charge in [-0.1, -0.05) is 23.4 Å². The van der Waals surface area contributed by atoms with Crippen molar-refractivity contribution in [3.8, 4) is 11.5 Å². The molecule has 1 aliphatic heterocycles. The van der Waals surface area contributed by atoms with Crippen LogP contribution in [0.25, 0.3) is 0 Å². The summed E-state index contributed by atoms with van der Waals surface area (Å²) in [6, 6.07) is 10.8. The second kappa shape index (κ2) is 8.52. The summed E-state index contributed by atoms with van der Waals surface area (Å²) in [7, 11) is 3.13. The summed E-state index contributed by atoms with van der Waals surface area (Å²) in [4.78, 5) is 5.44. The first kappa shape index (κ1) is 20.0. The highest BCUT2D eigenvalue weighted by molar-refractivity contribution is 6.01. The van der Waals surface area contributed by atoms with E-state index in [4.69, 9.17) is 14.3 Å². The van der Waals surface area contributed by atoms with Gasteiger partial charge in [0, 0.05) is 25.1 Å². The quantitative estimate of drug-likeness (QED) is 0.771. The van der Waals surface area contributed by atoms with Crippen molar-refractivity contribution in [1.29, 1.82) is 0 Å². The number of ether oxygens (including phenoxy) is 2. The van der Waals surface area contributed by atoms with Gasteiger partial charge in [-0.3, -0.25) is 0 Å². The molecule has 1 heterocycles. The molecule has 0 fully saturated rings. The summed E-state index contributed by atoms with van der Waals surface area (Å²) in [5.74, 6) is 1.24. The van der Waals surface area contributed by atoms with Gasteiger partial charge < -0.3 is 19.6 Å². The lowest BCUT2D eigenvalue weighted by Crippen LogP contribution is -2.26. The number of oxime groups is 1. The number of nitrogens with zero attached hydrogens (tertiary/aromatic N) is 1. The lowest BCUT2D eigenvalue weighted by Gasteiger charge is -2.12. The van der Waals surface area contributed by atoms with Crippen molar-refractivity contribution in [2.75, 3.05) is 20.8 Å². The number of hydrogen-bond donors (Lipinski definition) is 1. The van der Waals surface area contributed by atoms with Gasteiger partial charge in [-0.15, -0.1) is 0 Å². The summed E-state index contributed by atoms with van der Waals surface area (Å²) < 4.78 is 48.8. The molecule has 3 rings (SSSR count). The van der Waals surface area contributed by atoms with Crippen molar-refractivity contribution in [2.45, 2.75) is 25.2 Å². The fraction of sp³-hybridized carbons (Fsp3) is 0.350. The van der Waals surface area contributed by atoms with Crippen molar-refractivity contribution in [3.63, 3.8) is 0 Å². The Labute approximate surface area is 161 Å². The third kappa shape index (κ3) is 4.75. The van der Waals surface area contributed by atoms with Crippen molar-refractivity contribution in [3.05, 3.63) is 59.2 Å². The molecule has 0 bridgehead atoms. The molecule has 0 amide bonds. The molecule has 2 aromatic carbocycles. The number of rotatable bonds is 7. The Morgan fingerprint density at radius 2 is 1.89 bits per heavy atom. The Hall–Kier alpha value is -2.74. The van der Waals surface area contributed by atoms with E-state index in [9.17, 15) is 13.2 Å². The van der Waals surface area contributed by atoms with Crippen LogP contribution in [0.2, 0.25) is 0 Å². The number of hydrogen-bond acceptors (Lipinski definition) is 5. The van der Waals surface area contributed by atoms with Gasteiger partial charge in [0.05, 0.1) is 25.5 Å². The average molecular weight is 394 g/mol. The van der Waals surface area contributed by atoms with Crippen LogP contribution in [-0.2, 0) is 17.6 Å². The summed E-state index contributed by atoms with van der Waals surface area (Å²) in [6.45, 7) is 0.784. The molecule has 2 aromatic rings. The second-order valence-electron chi connectivity index (χ2n) is 6.37. The highest BCUT2D eigenvalue weighted by atomic mass is 19.4. The third-order valence-corrected chi connectivity index (χ3v) is 4.41. The Kier molecular flexibility index (Phi) is 6.08. The van der Waals surface area contributed by atoms with Crippen LogP contribution in [0.5, 0.6) is 11.5 Å². The predicted molar refractivity (Wildman–Crippen MR) is 98.7 cm³/mol. The first-order valence-electron chi connectivity index (χ1n) is 8.72. The largest absolute Gasteiger partial charge is 0.493 e. The van der Waals surface area contributed by atoms with Crippen molar-refractivity contribution >= 4 is 5.71 Å². The monoisotopic (exact) mass is 394 g/mol. The van der Waals surface area contributed by atoms with Gasteiger partial charge in [0.1, 0.15) is 6.10 Å². The van der Waals surface area contributed by atoms with Gasteiger partial charge in [-0.05, 0) is 29.8 Å². The molecule has 1 atom stereocenters. The lowest BCUT2D eigenvalue weighted by molar-refractivity contribution is -0.137. The van der Waals surface area contributed by atoms with E-state index in [-0.39, 0.29) is 6.10 Å². The summed E-state index contributed by atoms with van der Waals surface area (Å²) in [5, 5.41) is 7.25. The Balaban J connectivity index is 1.53. The maximum Gasteiger partial charge on any atom is 0.416 e. The SMILES string of the molecule is COc1ccc(C2=NOC(CNCc3cccc(C(F)(F)F)c3)C2)cc1OC. The molecule has 150 valence electrons. The van der Waals surface area contributed by atoms with Crippen molar-refractivity contribution < 1.29 is 27.5 Å². The van der Waals surface area contributed by atoms with Crippen LogP contribution in [0.4, 0.5) is 13.2 Å². The number of halogens is 3. The molecule has 0 radical (unpaired) electrons. The lowest BCUT2D eigenvalue weighted by atomic mass is 10.0. The third-order valence-electron chi connectivity index (χ3n) is 4.41. The molecule has 1 aliphatic rings. The molecule has 0 saturated carbocycles. The minimum Gasteiger partial charge on any atom is -0.493 e. The molecule has 5 nitrogen and oxygen atoms in total. The Morgan fingerprint density at radius 3 is 2.61 bits per heavy atom. The highest BCUT2D eigenvalue weighted by Gasteiger charge is 2.30. The normalized spacial score (nSPS) is 16.5. The van der Waals surface area contributed by atoms with E-state index >= 15 is 0 Å². The molecular weight excluding hydrogens is 373 g/mol. The van der Waals surface area contributed by atoms with Crippen LogP contribution >= 0.6 is 0 Å². The maximum absolute atomic E-state index is 12.8. The Bertz CT molecular complexity index is 853. The minimum absolute atomic E-state index is 0.186. The fourth-order valence-electron chi connectivity index (χ4n) is 2.96. The van der Waals surface area contributed by atoms with E-state index < -0.39 is 11.7 Å². The van der Waals surface area contributed by atoms with E-state index in [0.717, 1.165) is 23.4 Å². The highest BCUT2D eigenvalue weighted by Crippen LogP contribution is 2.30. The topological polar surface area (TPSA) is 52.1 Å². The van der Waals surface area contributed by atoms with E-state index in [1.54, 1.807) is 26.4 Å². The van der Waals surface area contributed by atoms with Crippen LogP contribution in [0.15, 0.2) is 47.6 Å². The zero-order chi connectivity index (χ0) is 20.1. The molecule has 8 heteroatoms. The van der Waals surface area contributed by atoms with Gasteiger partial charge in [-0.2, -0.15) is 13.2 Å². The Morgan fingerprint density at radius 1 is 1.11 bits per heavy atom. The van der Waals surface area contributed by atoms with Crippen molar-refractivity contribution in [1.82, 2.24) is 5.32 Å². The molecule has 0 saturated heterocycles. The van der Waals surface area contributed by atoms with Gasteiger partial charge in [0.15, 0.2) is 11.5 Å². The molecule has 1 N–H and O–H groups in total. The summed E-state index contributed by atoms with van der Waals surface area (Å²) >= 11 is 0.